The fraction of sp³-hybridized carbons (Fsp3) is 0.280. The zero-order valence-electron chi connectivity index (χ0n) is 18.3. The number of amides is 1. The van der Waals surface area contributed by atoms with Gasteiger partial charge >= 0.3 is 0 Å². The van der Waals surface area contributed by atoms with Crippen LogP contribution in [-0.4, -0.2) is 25.9 Å². The summed E-state index contributed by atoms with van der Waals surface area (Å²) in [4.78, 5) is 26.5. The smallest absolute Gasteiger partial charge is 0.254 e. The maximum Gasteiger partial charge on any atom is 0.254 e. The standard InChI is InChI=1S/C25H25FN2O4/c1-14-22(25(30)28-18-8-5-4-7-17(18)26)23(24-19(27-14)9-6-10-20(24)29)16-13-15(31-2)11-12-21(16)32-3/h4-5,7-8,11-13,23,27H,6,9-10H2,1-3H3,(H,28,30)/t23-/m0/s1. The van der Waals surface area contributed by atoms with Gasteiger partial charge < -0.3 is 20.1 Å². The van der Waals surface area contributed by atoms with Gasteiger partial charge in [0, 0.05) is 34.5 Å². The van der Waals surface area contributed by atoms with E-state index in [9.17, 15) is 14.0 Å². The van der Waals surface area contributed by atoms with Gasteiger partial charge in [-0.1, -0.05) is 12.1 Å². The Labute approximate surface area is 186 Å². The van der Waals surface area contributed by atoms with Crippen LogP contribution in [-0.2, 0) is 9.59 Å². The molecule has 7 heteroatoms. The molecule has 1 heterocycles. The number of hydrogen-bond donors (Lipinski definition) is 2. The van der Waals surface area contributed by atoms with Crippen molar-refractivity contribution in [2.45, 2.75) is 32.1 Å². The second-order valence-electron chi connectivity index (χ2n) is 7.81. The quantitative estimate of drug-likeness (QED) is 0.724. The molecule has 2 N–H and O–H groups in total. The van der Waals surface area contributed by atoms with Crippen molar-refractivity contribution in [2.75, 3.05) is 19.5 Å². The van der Waals surface area contributed by atoms with Gasteiger partial charge in [-0.3, -0.25) is 9.59 Å². The van der Waals surface area contributed by atoms with Crippen LogP contribution in [0.5, 0.6) is 11.5 Å². The van der Waals surface area contributed by atoms with Crippen LogP contribution in [0.3, 0.4) is 0 Å². The van der Waals surface area contributed by atoms with Gasteiger partial charge in [0.2, 0.25) is 0 Å². The summed E-state index contributed by atoms with van der Waals surface area (Å²) >= 11 is 0. The molecule has 0 spiro atoms. The molecule has 0 saturated carbocycles. The van der Waals surface area contributed by atoms with Crippen LogP contribution in [0.1, 0.15) is 37.7 Å². The van der Waals surface area contributed by atoms with E-state index < -0.39 is 17.6 Å². The number of ether oxygens (including phenoxy) is 2. The van der Waals surface area contributed by atoms with Gasteiger partial charge in [-0.15, -0.1) is 0 Å². The first kappa shape index (κ1) is 21.6. The number of ketones is 1. The van der Waals surface area contributed by atoms with Crippen LogP contribution in [0, 0.1) is 5.82 Å². The molecule has 1 aliphatic carbocycles. The number of Topliss-reactive ketones (excluding diaryl/α,β-unsaturated/α-hetero) is 1. The highest BCUT2D eigenvalue weighted by Gasteiger charge is 2.40. The molecule has 2 aromatic rings. The number of carbonyl (C=O) groups is 2. The molecule has 2 aromatic carbocycles. The van der Waals surface area contributed by atoms with Gasteiger partial charge in [-0.25, -0.2) is 4.39 Å². The van der Waals surface area contributed by atoms with Crippen molar-refractivity contribution in [1.82, 2.24) is 5.32 Å². The van der Waals surface area contributed by atoms with Crippen LogP contribution in [0.15, 0.2) is 65.0 Å². The molecule has 1 aliphatic heterocycles. The summed E-state index contributed by atoms with van der Waals surface area (Å²) in [6.07, 6.45) is 1.87. The summed E-state index contributed by atoms with van der Waals surface area (Å²) in [5.74, 6) is -0.594. The second-order valence-corrected chi connectivity index (χ2v) is 7.81. The van der Waals surface area contributed by atoms with E-state index in [0.717, 1.165) is 12.1 Å². The highest BCUT2D eigenvalue weighted by atomic mass is 19.1. The van der Waals surface area contributed by atoms with Crippen molar-refractivity contribution in [1.29, 1.82) is 0 Å². The minimum atomic E-state index is -0.670. The minimum Gasteiger partial charge on any atom is -0.497 e. The number of carbonyl (C=O) groups excluding carboxylic acids is 2. The lowest BCUT2D eigenvalue weighted by molar-refractivity contribution is -0.116. The summed E-state index contributed by atoms with van der Waals surface area (Å²) in [6.45, 7) is 1.79. The van der Waals surface area contributed by atoms with Gasteiger partial charge in [0.05, 0.1) is 25.8 Å². The third-order valence-corrected chi connectivity index (χ3v) is 5.89. The molecule has 0 aromatic heterocycles. The van der Waals surface area contributed by atoms with Crippen LogP contribution in [0.2, 0.25) is 0 Å². The van der Waals surface area contributed by atoms with Crippen molar-refractivity contribution in [3.8, 4) is 11.5 Å². The maximum absolute atomic E-state index is 14.2. The van der Waals surface area contributed by atoms with E-state index in [-0.39, 0.29) is 11.5 Å². The van der Waals surface area contributed by atoms with Crippen molar-refractivity contribution in [2.24, 2.45) is 0 Å². The van der Waals surface area contributed by atoms with Crippen molar-refractivity contribution >= 4 is 17.4 Å². The monoisotopic (exact) mass is 436 g/mol. The SMILES string of the molecule is COc1ccc(OC)c([C@H]2C(C(=O)Nc3ccccc3F)=C(C)NC3=C2C(=O)CCC3)c1. The number of nitrogens with one attached hydrogen (secondary N) is 2. The zero-order valence-corrected chi connectivity index (χ0v) is 18.3. The molecule has 166 valence electrons. The number of halogens is 1. The molecular formula is C25H25FN2O4. The normalized spacial score (nSPS) is 18.1. The Morgan fingerprint density at radius 2 is 1.91 bits per heavy atom. The number of rotatable bonds is 5. The van der Waals surface area contributed by atoms with Gasteiger partial charge in [0.15, 0.2) is 5.78 Å². The number of hydrogen-bond acceptors (Lipinski definition) is 5. The van der Waals surface area contributed by atoms with Gasteiger partial charge in [-0.2, -0.15) is 0 Å². The highest BCUT2D eigenvalue weighted by molar-refractivity contribution is 6.10. The topological polar surface area (TPSA) is 76.7 Å². The molecule has 0 unspecified atom stereocenters. The maximum atomic E-state index is 14.2. The summed E-state index contributed by atoms with van der Waals surface area (Å²) in [6, 6.07) is 11.3. The third kappa shape index (κ3) is 3.86. The predicted octanol–water partition coefficient (Wildman–Crippen LogP) is 4.45. The van der Waals surface area contributed by atoms with Crippen LogP contribution in [0.4, 0.5) is 10.1 Å². The van der Waals surface area contributed by atoms with Crippen molar-refractivity contribution in [3.63, 3.8) is 0 Å². The Hall–Kier alpha value is -3.61. The molecule has 1 atom stereocenters. The van der Waals surface area contributed by atoms with E-state index in [1.54, 1.807) is 51.5 Å². The Morgan fingerprint density at radius 3 is 2.62 bits per heavy atom. The van der Waals surface area contributed by atoms with Crippen molar-refractivity contribution < 1.29 is 23.5 Å². The number of para-hydroxylation sites is 1. The van der Waals surface area contributed by atoms with Crippen LogP contribution < -0.4 is 20.1 Å². The summed E-state index contributed by atoms with van der Waals surface area (Å²) < 4.78 is 25.2. The fourth-order valence-corrected chi connectivity index (χ4v) is 4.41. The largest absolute Gasteiger partial charge is 0.497 e. The van der Waals surface area contributed by atoms with Crippen LogP contribution in [0.25, 0.3) is 0 Å². The Kier molecular flexibility index (Phi) is 5.99. The molecule has 0 bridgehead atoms. The molecule has 2 aliphatic rings. The first-order valence-corrected chi connectivity index (χ1v) is 10.5. The van der Waals surface area contributed by atoms with E-state index in [0.29, 0.717) is 46.7 Å². The number of dihydropyridines is 1. The highest BCUT2D eigenvalue weighted by Crippen LogP contribution is 2.46. The number of allylic oxidation sites excluding steroid dienone is 3. The first-order valence-electron chi connectivity index (χ1n) is 10.5. The Morgan fingerprint density at radius 1 is 1.12 bits per heavy atom. The lowest BCUT2D eigenvalue weighted by Crippen LogP contribution is -2.35. The lowest BCUT2D eigenvalue weighted by Gasteiger charge is -2.35. The van der Waals surface area contributed by atoms with E-state index in [1.807, 2.05) is 0 Å². The average Bonchev–Trinajstić information content (AvgIpc) is 2.79. The van der Waals surface area contributed by atoms with E-state index in [4.69, 9.17) is 9.47 Å². The lowest BCUT2D eigenvalue weighted by atomic mass is 9.74. The molecule has 0 saturated heterocycles. The van der Waals surface area contributed by atoms with Gasteiger partial charge in [-0.05, 0) is 50.1 Å². The second kappa shape index (κ2) is 8.86. The molecule has 0 fully saturated rings. The van der Waals surface area contributed by atoms with Crippen LogP contribution >= 0.6 is 0 Å². The number of anilines is 1. The summed E-state index contributed by atoms with van der Waals surface area (Å²) in [7, 11) is 3.09. The molecule has 32 heavy (non-hydrogen) atoms. The fourth-order valence-electron chi connectivity index (χ4n) is 4.41. The van der Waals surface area contributed by atoms with Gasteiger partial charge in [0.1, 0.15) is 17.3 Å². The Bertz CT molecular complexity index is 1150. The van der Waals surface area contributed by atoms with E-state index in [1.165, 1.54) is 12.1 Å². The molecular weight excluding hydrogens is 411 g/mol. The predicted molar refractivity (Wildman–Crippen MR) is 119 cm³/mol. The molecule has 6 nitrogen and oxygen atoms in total. The van der Waals surface area contributed by atoms with Gasteiger partial charge in [0.25, 0.3) is 5.91 Å². The number of benzene rings is 2. The zero-order chi connectivity index (χ0) is 22.8. The molecule has 4 rings (SSSR count). The molecule has 1 amide bonds. The summed E-state index contributed by atoms with van der Waals surface area (Å²) in [5, 5.41) is 5.93. The van der Waals surface area contributed by atoms with E-state index in [2.05, 4.69) is 10.6 Å². The first-order chi connectivity index (χ1) is 15.4. The average molecular weight is 436 g/mol. The van der Waals surface area contributed by atoms with E-state index >= 15 is 0 Å². The molecule has 0 radical (unpaired) electrons. The number of methoxy groups -OCH3 is 2. The third-order valence-electron chi connectivity index (χ3n) is 5.89. The summed E-state index contributed by atoms with van der Waals surface area (Å²) in [5.41, 5.74) is 3.04. The van der Waals surface area contributed by atoms with Crippen molar-refractivity contribution in [3.05, 3.63) is 76.4 Å². The Balaban J connectivity index is 1.87. The minimum absolute atomic E-state index is 0.0164.